The number of pyridine rings is 1. The second kappa shape index (κ2) is 6.60. The molecule has 126 valence electrons. The van der Waals surface area contributed by atoms with Gasteiger partial charge in [-0.25, -0.2) is 13.4 Å². The molecule has 1 saturated heterocycles. The number of aromatic nitrogens is 1. The largest absolute Gasteiger partial charge is 0.380 e. The van der Waals surface area contributed by atoms with Gasteiger partial charge in [-0.15, -0.1) is 0 Å². The highest BCUT2D eigenvalue weighted by atomic mass is 32.2. The standard InChI is InChI=1S/C17H19N3O3S/c1-12-2-4-13(5-3-12)20-17(21)16-7-6-14(10-18-16)19-15-8-9-24(22,23)11-15/h2-7,10,15,19H,8-9,11H2,1H3,(H,20,21). The van der Waals surface area contributed by atoms with Crippen molar-refractivity contribution >= 4 is 27.1 Å². The van der Waals surface area contributed by atoms with Crippen LogP contribution in [-0.4, -0.2) is 36.9 Å². The van der Waals surface area contributed by atoms with Crippen LogP contribution in [0.25, 0.3) is 0 Å². The molecule has 0 radical (unpaired) electrons. The van der Waals surface area contributed by atoms with Gasteiger partial charge in [0.15, 0.2) is 9.84 Å². The first-order valence-corrected chi connectivity index (χ1v) is 9.54. The molecule has 6 nitrogen and oxygen atoms in total. The fourth-order valence-electron chi connectivity index (χ4n) is 2.59. The lowest BCUT2D eigenvalue weighted by Gasteiger charge is -2.12. The third-order valence-corrected chi connectivity index (χ3v) is 5.68. The Bertz CT molecular complexity index is 830. The third-order valence-electron chi connectivity index (χ3n) is 3.91. The van der Waals surface area contributed by atoms with Gasteiger partial charge in [-0.1, -0.05) is 17.7 Å². The van der Waals surface area contributed by atoms with Crippen molar-refractivity contribution in [3.05, 3.63) is 53.9 Å². The number of carbonyl (C=O) groups is 1. The van der Waals surface area contributed by atoms with Crippen LogP contribution in [0.1, 0.15) is 22.5 Å². The average molecular weight is 345 g/mol. The predicted octanol–water partition coefficient (Wildman–Crippen LogP) is 2.24. The smallest absolute Gasteiger partial charge is 0.274 e. The fraction of sp³-hybridized carbons (Fsp3) is 0.294. The molecule has 1 unspecified atom stereocenters. The number of hydrogen-bond acceptors (Lipinski definition) is 5. The van der Waals surface area contributed by atoms with E-state index in [-0.39, 0.29) is 23.5 Å². The van der Waals surface area contributed by atoms with Crippen molar-refractivity contribution < 1.29 is 13.2 Å². The third kappa shape index (κ3) is 4.11. The Kier molecular flexibility index (Phi) is 4.53. The molecule has 1 atom stereocenters. The van der Waals surface area contributed by atoms with Gasteiger partial charge in [-0.3, -0.25) is 4.79 Å². The number of hydrogen-bond donors (Lipinski definition) is 2. The summed E-state index contributed by atoms with van der Waals surface area (Å²) >= 11 is 0. The monoisotopic (exact) mass is 345 g/mol. The van der Waals surface area contributed by atoms with Crippen LogP contribution in [0.3, 0.4) is 0 Å². The molecule has 1 fully saturated rings. The molecule has 0 spiro atoms. The first kappa shape index (κ1) is 16.4. The molecule has 2 heterocycles. The molecule has 0 saturated carbocycles. The topological polar surface area (TPSA) is 88.2 Å². The minimum Gasteiger partial charge on any atom is -0.380 e. The predicted molar refractivity (Wildman–Crippen MR) is 94.1 cm³/mol. The summed E-state index contributed by atoms with van der Waals surface area (Å²) in [5.74, 6) is 0.0754. The zero-order valence-corrected chi connectivity index (χ0v) is 14.1. The maximum Gasteiger partial charge on any atom is 0.274 e. The lowest BCUT2D eigenvalue weighted by atomic mass is 10.2. The highest BCUT2D eigenvalue weighted by Crippen LogP contribution is 2.17. The lowest BCUT2D eigenvalue weighted by Crippen LogP contribution is -2.21. The van der Waals surface area contributed by atoms with Gasteiger partial charge in [0.2, 0.25) is 0 Å². The molecular formula is C17H19N3O3S. The number of sulfone groups is 1. The van der Waals surface area contributed by atoms with Gasteiger partial charge in [0.25, 0.3) is 5.91 Å². The molecule has 0 bridgehead atoms. The van der Waals surface area contributed by atoms with Crippen LogP contribution in [0.5, 0.6) is 0 Å². The molecule has 1 aromatic heterocycles. The minimum absolute atomic E-state index is 0.0935. The van der Waals surface area contributed by atoms with Crippen LogP contribution in [-0.2, 0) is 9.84 Å². The van der Waals surface area contributed by atoms with E-state index in [0.717, 1.165) is 5.56 Å². The van der Waals surface area contributed by atoms with E-state index in [2.05, 4.69) is 15.6 Å². The quantitative estimate of drug-likeness (QED) is 0.887. The minimum atomic E-state index is -2.92. The van der Waals surface area contributed by atoms with Crippen LogP contribution in [0.4, 0.5) is 11.4 Å². The molecular weight excluding hydrogens is 326 g/mol. The summed E-state index contributed by atoms with van der Waals surface area (Å²) in [6.07, 6.45) is 2.15. The Hall–Kier alpha value is -2.41. The van der Waals surface area contributed by atoms with E-state index in [1.54, 1.807) is 18.3 Å². The Morgan fingerprint density at radius 2 is 1.83 bits per heavy atom. The molecule has 1 amide bonds. The molecule has 1 aromatic carbocycles. The first-order valence-electron chi connectivity index (χ1n) is 7.72. The maximum atomic E-state index is 12.2. The summed E-state index contributed by atoms with van der Waals surface area (Å²) in [7, 11) is -2.92. The number of carbonyl (C=O) groups excluding carboxylic acids is 1. The molecule has 1 aliphatic heterocycles. The Labute approximate surface area is 141 Å². The van der Waals surface area contributed by atoms with Crippen molar-refractivity contribution in [2.24, 2.45) is 0 Å². The van der Waals surface area contributed by atoms with E-state index >= 15 is 0 Å². The Balaban J connectivity index is 1.61. The van der Waals surface area contributed by atoms with Crippen LogP contribution >= 0.6 is 0 Å². The number of rotatable bonds is 4. The number of benzene rings is 1. The summed E-state index contributed by atoms with van der Waals surface area (Å²) in [5, 5.41) is 5.93. The van der Waals surface area contributed by atoms with Crippen LogP contribution in [0.15, 0.2) is 42.6 Å². The van der Waals surface area contributed by atoms with Crippen molar-refractivity contribution in [1.82, 2.24) is 4.98 Å². The molecule has 2 N–H and O–H groups in total. The zero-order chi connectivity index (χ0) is 17.2. The van der Waals surface area contributed by atoms with Gasteiger partial charge >= 0.3 is 0 Å². The van der Waals surface area contributed by atoms with Crippen LogP contribution in [0, 0.1) is 6.92 Å². The average Bonchev–Trinajstić information content (AvgIpc) is 2.89. The van der Waals surface area contributed by atoms with E-state index in [9.17, 15) is 13.2 Å². The highest BCUT2D eigenvalue weighted by Gasteiger charge is 2.27. The van der Waals surface area contributed by atoms with E-state index in [1.807, 2.05) is 31.2 Å². The van der Waals surface area contributed by atoms with Gasteiger partial charge in [-0.2, -0.15) is 0 Å². The normalized spacial score (nSPS) is 19.0. The summed E-state index contributed by atoms with van der Waals surface area (Å²) in [4.78, 5) is 16.3. The number of amides is 1. The van der Waals surface area contributed by atoms with Crippen molar-refractivity contribution in [3.8, 4) is 0 Å². The fourth-order valence-corrected chi connectivity index (χ4v) is 4.26. The van der Waals surface area contributed by atoms with Crippen molar-refractivity contribution in [3.63, 3.8) is 0 Å². The van der Waals surface area contributed by atoms with Gasteiger partial charge in [0.1, 0.15) is 5.69 Å². The summed E-state index contributed by atoms with van der Waals surface area (Å²) in [5.41, 5.74) is 2.85. The van der Waals surface area contributed by atoms with E-state index in [4.69, 9.17) is 0 Å². The Morgan fingerprint density at radius 3 is 2.42 bits per heavy atom. The van der Waals surface area contributed by atoms with Gasteiger partial charge < -0.3 is 10.6 Å². The molecule has 24 heavy (non-hydrogen) atoms. The SMILES string of the molecule is Cc1ccc(NC(=O)c2ccc(NC3CCS(=O)(=O)C3)cn2)cc1. The van der Waals surface area contributed by atoms with Crippen molar-refractivity contribution in [2.45, 2.75) is 19.4 Å². The first-order chi connectivity index (χ1) is 11.4. The van der Waals surface area contributed by atoms with Crippen LogP contribution < -0.4 is 10.6 Å². The van der Waals surface area contributed by atoms with Crippen LogP contribution in [0.2, 0.25) is 0 Å². The molecule has 0 aliphatic carbocycles. The van der Waals surface area contributed by atoms with Crippen molar-refractivity contribution in [2.75, 3.05) is 22.1 Å². The number of nitrogens with zero attached hydrogens (tertiary/aromatic N) is 1. The van der Waals surface area contributed by atoms with Gasteiger partial charge in [0, 0.05) is 11.7 Å². The van der Waals surface area contributed by atoms with E-state index < -0.39 is 9.84 Å². The summed E-state index contributed by atoms with van der Waals surface area (Å²) in [6, 6.07) is 10.8. The van der Waals surface area contributed by atoms with E-state index in [0.29, 0.717) is 23.5 Å². The molecule has 2 aromatic rings. The molecule has 7 heteroatoms. The molecule has 1 aliphatic rings. The maximum absolute atomic E-state index is 12.2. The van der Waals surface area contributed by atoms with Gasteiger partial charge in [0.05, 0.1) is 23.4 Å². The van der Waals surface area contributed by atoms with Gasteiger partial charge in [-0.05, 0) is 37.6 Å². The zero-order valence-electron chi connectivity index (χ0n) is 13.3. The number of anilines is 2. The highest BCUT2D eigenvalue weighted by molar-refractivity contribution is 7.91. The van der Waals surface area contributed by atoms with E-state index in [1.165, 1.54) is 0 Å². The Morgan fingerprint density at radius 1 is 1.12 bits per heavy atom. The number of nitrogens with one attached hydrogen (secondary N) is 2. The second-order valence-electron chi connectivity index (χ2n) is 6.00. The second-order valence-corrected chi connectivity index (χ2v) is 8.23. The number of aryl methyl sites for hydroxylation is 1. The lowest BCUT2D eigenvalue weighted by molar-refractivity contribution is 0.102. The molecule has 3 rings (SSSR count). The summed E-state index contributed by atoms with van der Waals surface area (Å²) < 4.78 is 22.9. The van der Waals surface area contributed by atoms with Crippen molar-refractivity contribution in [1.29, 1.82) is 0 Å². The summed E-state index contributed by atoms with van der Waals surface area (Å²) in [6.45, 7) is 1.98.